The number of carbonyl (C=O) groups is 1. The van der Waals surface area contributed by atoms with Crippen LogP contribution < -0.4 is 4.74 Å². The molecule has 4 aromatic rings. The van der Waals surface area contributed by atoms with Gasteiger partial charge in [-0.15, -0.1) is 0 Å². The van der Waals surface area contributed by atoms with Gasteiger partial charge in [0.2, 0.25) is 0 Å². The molecule has 0 fully saturated rings. The fourth-order valence-electron chi connectivity index (χ4n) is 4.32. The number of aromatic nitrogens is 1. The van der Waals surface area contributed by atoms with Gasteiger partial charge in [0.05, 0.1) is 24.2 Å². The van der Waals surface area contributed by atoms with Crippen molar-refractivity contribution in [3.63, 3.8) is 0 Å². The summed E-state index contributed by atoms with van der Waals surface area (Å²) < 4.78 is 7.82. The van der Waals surface area contributed by atoms with Crippen LogP contribution in [0.5, 0.6) is 5.75 Å². The molecule has 1 N–H and O–H groups in total. The van der Waals surface area contributed by atoms with Crippen LogP contribution in [0.3, 0.4) is 0 Å². The zero-order valence-electron chi connectivity index (χ0n) is 16.6. The average Bonchev–Trinajstić information content (AvgIpc) is 3.19. The largest absolute Gasteiger partial charge is 0.496 e. The molecule has 3 aromatic carbocycles. The monoisotopic (exact) mass is 395 g/mol. The molecule has 1 heterocycles. The lowest BCUT2D eigenvalue weighted by atomic mass is 9.98. The van der Waals surface area contributed by atoms with Gasteiger partial charge in [-0.2, -0.15) is 0 Å². The fourth-order valence-corrected chi connectivity index (χ4v) is 4.32. The number of ether oxygens (including phenoxy) is 1. The summed E-state index contributed by atoms with van der Waals surface area (Å²) in [4.78, 5) is 11.7. The van der Waals surface area contributed by atoms with E-state index in [1.807, 2.05) is 48.6 Å². The molecule has 1 aliphatic carbocycles. The second-order valence-corrected chi connectivity index (χ2v) is 7.48. The molecule has 0 bridgehead atoms. The lowest BCUT2D eigenvalue weighted by Gasteiger charge is -2.20. The number of hydrogen-bond donors (Lipinski definition) is 1. The standard InChI is InChI=1S/C26H21NO3/c1-30-25-12-5-4-11-21(25)24-16-22-20-10-3-2-7-17(20)13-14-23(22)27(24)19-9-6-8-18(15-19)26(28)29/h2-14,16,18H,15H2,1H3,(H,28,29). The number of nitrogens with zero attached hydrogens (tertiary/aromatic N) is 1. The quantitative estimate of drug-likeness (QED) is 0.463. The van der Waals surface area contributed by atoms with Crippen LogP contribution in [-0.2, 0) is 4.79 Å². The Bertz CT molecular complexity index is 1340. The molecule has 1 aromatic heterocycles. The van der Waals surface area contributed by atoms with E-state index in [-0.39, 0.29) is 0 Å². The molecule has 4 heteroatoms. The number of fused-ring (bicyclic) bond motifs is 3. The van der Waals surface area contributed by atoms with Crippen molar-refractivity contribution in [2.45, 2.75) is 6.42 Å². The molecule has 148 valence electrons. The van der Waals surface area contributed by atoms with Gasteiger partial charge in [0.15, 0.2) is 0 Å². The van der Waals surface area contributed by atoms with E-state index >= 15 is 0 Å². The molecule has 5 rings (SSSR count). The highest BCUT2D eigenvalue weighted by Gasteiger charge is 2.23. The van der Waals surface area contributed by atoms with Crippen molar-refractivity contribution in [3.8, 4) is 17.0 Å². The minimum absolute atomic E-state index is 0.435. The maximum absolute atomic E-state index is 11.7. The molecule has 0 radical (unpaired) electrons. The molecule has 0 saturated carbocycles. The van der Waals surface area contributed by atoms with Crippen molar-refractivity contribution in [2.75, 3.05) is 7.11 Å². The van der Waals surface area contributed by atoms with Crippen molar-refractivity contribution in [1.29, 1.82) is 0 Å². The summed E-state index contributed by atoms with van der Waals surface area (Å²) in [5, 5.41) is 13.1. The van der Waals surface area contributed by atoms with Crippen LogP contribution in [-0.4, -0.2) is 22.8 Å². The second kappa shape index (κ2) is 7.23. The van der Waals surface area contributed by atoms with Crippen LogP contribution in [0.15, 0.2) is 85.0 Å². The summed E-state index contributed by atoms with van der Waals surface area (Å²) in [6, 6.07) is 22.7. The zero-order valence-corrected chi connectivity index (χ0v) is 16.6. The molecule has 1 unspecified atom stereocenters. The van der Waals surface area contributed by atoms with Gasteiger partial charge in [0, 0.05) is 23.1 Å². The van der Waals surface area contributed by atoms with E-state index in [0.29, 0.717) is 6.42 Å². The summed E-state index contributed by atoms with van der Waals surface area (Å²) in [5.74, 6) is -0.557. The average molecular weight is 395 g/mol. The van der Waals surface area contributed by atoms with Gasteiger partial charge in [0.1, 0.15) is 5.75 Å². The van der Waals surface area contributed by atoms with Crippen molar-refractivity contribution in [3.05, 3.63) is 85.0 Å². The van der Waals surface area contributed by atoms with Crippen LogP contribution in [0, 0.1) is 5.92 Å². The first-order chi connectivity index (χ1) is 14.7. The lowest BCUT2D eigenvalue weighted by molar-refractivity contribution is -0.139. The number of benzene rings is 3. The number of rotatable bonds is 4. The van der Waals surface area contributed by atoms with Crippen LogP contribution in [0.25, 0.3) is 38.6 Å². The Morgan fingerprint density at radius 2 is 1.83 bits per heavy atom. The fraction of sp³-hybridized carbons (Fsp3) is 0.115. The number of allylic oxidation sites excluding steroid dienone is 3. The summed E-state index contributed by atoms with van der Waals surface area (Å²) >= 11 is 0. The van der Waals surface area contributed by atoms with E-state index < -0.39 is 11.9 Å². The Hall–Kier alpha value is -3.79. The van der Waals surface area contributed by atoms with E-state index in [2.05, 4.69) is 34.9 Å². The van der Waals surface area contributed by atoms with Gasteiger partial charge in [-0.3, -0.25) is 4.79 Å². The van der Waals surface area contributed by atoms with Crippen LogP contribution in [0.1, 0.15) is 6.42 Å². The van der Waals surface area contributed by atoms with Gasteiger partial charge in [-0.25, -0.2) is 0 Å². The Labute approximate surface area is 174 Å². The van der Waals surface area contributed by atoms with E-state index in [1.54, 1.807) is 13.2 Å². The van der Waals surface area contributed by atoms with Gasteiger partial charge in [-0.05, 0) is 41.1 Å². The van der Waals surface area contributed by atoms with Crippen molar-refractivity contribution >= 4 is 33.3 Å². The SMILES string of the molecule is COc1ccccc1-c1cc2c3ccccc3ccc2n1C1=CC=CC(C(=O)O)C1. The zero-order chi connectivity index (χ0) is 20.7. The van der Waals surface area contributed by atoms with E-state index in [0.717, 1.165) is 33.6 Å². The highest BCUT2D eigenvalue weighted by Crippen LogP contribution is 2.40. The Morgan fingerprint density at radius 3 is 2.67 bits per heavy atom. The number of aliphatic carboxylic acids is 1. The van der Waals surface area contributed by atoms with Crippen molar-refractivity contribution in [1.82, 2.24) is 4.57 Å². The molecule has 30 heavy (non-hydrogen) atoms. The van der Waals surface area contributed by atoms with E-state index in [9.17, 15) is 9.90 Å². The first-order valence-electron chi connectivity index (χ1n) is 9.94. The molecule has 0 saturated heterocycles. The third-order valence-electron chi connectivity index (χ3n) is 5.76. The van der Waals surface area contributed by atoms with Crippen LogP contribution in [0.2, 0.25) is 0 Å². The van der Waals surface area contributed by atoms with Crippen molar-refractivity contribution in [2.24, 2.45) is 5.92 Å². The molecular weight excluding hydrogens is 374 g/mol. The minimum atomic E-state index is -0.808. The maximum atomic E-state index is 11.7. The summed E-state index contributed by atoms with van der Waals surface area (Å²) in [6.07, 6.45) is 6.03. The Balaban J connectivity index is 1.83. The Morgan fingerprint density at radius 1 is 1.03 bits per heavy atom. The molecule has 1 aliphatic rings. The van der Waals surface area contributed by atoms with Gasteiger partial charge >= 0.3 is 5.97 Å². The lowest BCUT2D eigenvalue weighted by Crippen LogP contribution is -2.15. The molecule has 0 amide bonds. The molecule has 1 atom stereocenters. The summed E-state index contributed by atoms with van der Waals surface area (Å²) in [7, 11) is 1.67. The first kappa shape index (κ1) is 18.3. The second-order valence-electron chi connectivity index (χ2n) is 7.48. The maximum Gasteiger partial charge on any atom is 0.310 e. The summed E-state index contributed by atoms with van der Waals surface area (Å²) in [6.45, 7) is 0. The molecule has 4 nitrogen and oxygen atoms in total. The van der Waals surface area contributed by atoms with Gasteiger partial charge in [0.25, 0.3) is 0 Å². The first-order valence-corrected chi connectivity index (χ1v) is 9.94. The number of carboxylic acid groups (broad SMARTS) is 1. The highest BCUT2D eigenvalue weighted by molar-refractivity contribution is 6.09. The molecule has 0 spiro atoms. The van der Waals surface area contributed by atoms with E-state index in [4.69, 9.17) is 4.74 Å². The number of methoxy groups -OCH3 is 1. The Kier molecular flexibility index (Phi) is 4.40. The van der Waals surface area contributed by atoms with Gasteiger partial charge in [-0.1, -0.05) is 54.6 Å². The third kappa shape index (κ3) is 2.89. The topological polar surface area (TPSA) is 51.5 Å². The van der Waals surface area contributed by atoms with E-state index in [1.165, 1.54) is 10.8 Å². The number of para-hydroxylation sites is 1. The smallest absolute Gasteiger partial charge is 0.310 e. The normalized spacial score (nSPS) is 16.0. The summed E-state index contributed by atoms with van der Waals surface area (Å²) in [5.41, 5.74) is 3.98. The predicted molar refractivity (Wildman–Crippen MR) is 121 cm³/mol. The number of carboxylic acids is 1. The van der Waals surface area contributed by atoms with Gasteiger partial charge < -0.3 is 14.4 Å². The molecule has 0 aliphatic heterocycles. The number of hydrogen-bond acceptors (Lipinski definition) is 2. The van der Waals surface area contributed by atoms with Crippen molar-refractivity contribution < 1.29 is 14.6 Å². The highest BCUT2D eigenvalue weighted by atomic mass is 16.5. The minimum Gasteiger partial charge on any atom is -0.496 e. The van der Waals surface area contributed by atoms with Crippen LogP contribution >= 0.6 is 0 Å². The third-order valence-corrected chi connectivity index (χ3v) is 5.76. The van der Waals surface area contributed by atoms with Crippen LogP contribution in [0.4, 0.5) is 0 Å². The predicted octanol–water partition coefficient (Wildman–Crippen LogP) is 5.97. The molecular formula is C26H21NO3.